The summed E-state index contributed by atoms with van der Waals surface area (Å²) in [5.74, 6) is 2.32. The summed E-state index contributed by atoms with van der Waals surface area (Å²) in [6.45, 7) is 8.34. The molecule has 0 bridgehead atoms. The van der Waals surface area contributed by atoms with Gasteiger partial charge in [-0.2, -0.15) is 0 Å². The fraction of sp³-hybridized carbons (Fsp3) is 0.429. The molecule has 0 saturated carbocycles. The second kappa shape index (κ2) is 8.77. The highest BCUT2D eigenvalue weighted by atomic mass is 16.5. The van der Waals surface area contributed by atoms with Crippen molar-refractivity contribution < 1.29 is 14.2 Å². The zero-order valence-electron chi connectivity index (χ0n) is 15.9. The number of hydrogen-bond donors (Lipinski definition) is 1. The number of rotatable bonds is 8. The van der Waals surface area contributed by atoms with Crippen LogP contribution in [0, 0.1) is 0 Å². The summed E-state index contributed by atoms with van der Waals surface area (Å²) >= 11 is 0. The molecule has 2 aromatic carbocycles. The zero-order valence-corrected chi connectivity index (χ0v) is 15.9. The van der Waals surface area contributed by atoms with Crippen LogP contribution in [0.5, 0.6) is 17.2 Å². The van der Waals surface area contributed by atoms with E-state index in [0.717, 1.165) is 29.4 Å². The first-order chi connectivity index (χ1) is 11.9. The number of ether oxygens (including phenoxy) is 3. The molecule has 0 saturated heterocycles. The van der Waals surface area contributed by atoms with Gasteiger partial charge in [-0.1, -0.05) is 39.0 Å². The zero-order chi connectivity index (χ0) is 18.3. The molecule has 2 aromatic rings. The normalized spacial score (nSPS) is 11.2. The second-order valence-corrected chi connectivity index (χ2v) is 6.99. The lowest BCUT2D eigenvalue weighted by Gasteiger charge is -2.19. The van der Waals surface area contributed by atoms with Crippen molar-refractivity contribution in [1.82, 2.24) is 5.32 Å². The van der Waals surface area contributed by atoms with Crippen molar-refractivity contribution in [2.45, 2.75) is 32.7 Å². The van der Waals surface area contributed by atoms with Crippen LogP contribution >= 0.6 is 0 Å². The molecule has 0 aromatic heterocycles. The van der Waals surface area contributed by atoms with Crippen LogP contribution in [0.15, 0.2) is 42.5 Å². The Labute approximate surface area is 151 Å². The Morgan fingerprint density at radius 3 is 2.16 bits per heavy atom. The van der Waals surface area contributed by atoms with Gasteiger partial charge >= 0.3 is 0 Å². The molecule has 0 atom stereocenters. The highest BCUT2D eigenvalue weighted by Gasteiger charge is 2.13. The third-order valence-electron chi connectivity index (χ3n) is 3.94. The van der Waals surface area contributed by atoms with E-state index in [1.165, 1.54) is 5.56 Å². The van der Waals surface area contributed by atoms with Crippen molar-refractivity contribution in [3.63, 3.8) is 0 Å². The standard InChI is InChI=1S/C21H29NO3/c1-21(2,3)17-7-9-18(10-8-17)24-12-13-25-19-11-6-16(15-22-4)14-20(19)23-5/h6-11,14,22H,12-13,15H2,1-5H3. The fourth-order valence-electron chi connectivity index (χ4n) is 2.51. The average Bonchev–Trinajstić information content (AvgIpc) is 2.59. The maximum Gasteiger partial charge on any atom is 0.161 e. The van der Waals surface area contributed by atoms with E-state index in [9.17, 15) is 0 Å². The maximum atomic E-state index is 5.79. The number of methoxy groups -OCH3 is 1. The molecule has 1 N–H and O–H groups in total. The third kappa shape index (κ3) is 5.68. The van der Waals surface area contributed by atoms with Crippen molar-refractivity contribution in [1.29, 1.82) is 0 Å². The van der Waals surface area contributed by atoms with Gasteiger partial charge in [0, 0.05) is 6.54 Å². The second-order valence-electron chi connectivity index (χ2n) is 6.99. The molecule has 0 unspecified atom stereocenters. The van der Waals surface area contributed by atoms with E-state index >= 15 is 0 Å². The lowest BCUT2D eigenvalue weighted by Crippen LogP contribution is -2.12. The summed E-state index contributed by atoms with van der Waals surface area (Å²) in [4.78, 5) is 0. The molecule has 0 aliphatic heterocycles. The van der Waals surface area contributed by atoms with Gasteiger partial charge in [0.25, 0.3) is 0 Å². The van der Waals surface area contributed by atoms with Crippen LogP contribution in [0.4, 0.5) is 0 Å². The van der Waals surface area contributed by atoms with E-state index in [1.54, 1.807) is 7.11 Å². The Hall–Kier alpha value is -2.20. The largest absolute Gasteiger partial charge is 0.493 e. The minimum atomic E-state index is 0.150. The van der Waals surface area contributed by atoms with E-state index in [-0.39, 0.29) is 5.41 Å². The molecule has 0 fully saturated rings. The van der Waals surface area contributed by atoms with Crippen LogP contribution in [-0.2, 0) is 12.0 Å². The van der Waals surface area contributed by atoms with E-state index < -0.39 is 0 Å². The van der Waals surface area contributed by atoms with Gasteiger partial charge in [0.05, 0.1) is 7.11 Å². The Kier molecular flexibility index (Phi) is 6.71. The molecule has 136 valence electrons. The van der Waals surface area contributed by atoms with Crippen LogP contribution in [-0.4, -0.2) is 27.4 Å². The van der Waals surface area contributed by atoms with Crippen molar-refractivity contribution in [3.05, 3.63) is 53.6 Å². The summed E-state index contributed by atoms with van der Waals surface area (Å²) in [7, 11) is 3.57. The SMILES string of the molecule is CNCc1ccc(OCCOc2ccc(C(C)(C)C)cc2)c(OC)c1. The monoisotopic (exact) mass is 343 g/mol. The summed E-state index contributed by atoms with van der Waals surface area (Å²) in [6.07, 6.45) is 0. The first-order valence-corrected chi connectivity index (χ1v) is 8.61. The highest BCUT2D eigenvalue weighted by molar-refractivity contribution is 5.43. The number of hydrogen-bond acceptors (Lipinski definition) is 4. The molecule has 4 heteroatoms. The minimum Gasteiger partial charge on any atom is -0.493 e. The number of nitrogens with one attached hydrogen (secondary N) is 1. The van der Waals surface area contributed by atoms with Crippen LogP contribution in [0.1, 0.15) is 31.9 Å². The Bertz CT molecular complexity index is 660. The Balaban J connectivity index is 1.85. The van der Waals surface area contributed by atoms with Gasteiger partial charge in [0.1, 0.15) is 19.0 Å². The first-order valence-electron chi connectivity index (χ1n) is 8.61. The first kappa shape index (κ1) is 19.1. The van der Waals surface area contributed by atoms with E-state index in [2.05, 4.69) is 38.2 Å². The quantitative estimate of drug-likeness (QED) is 0.730. The topological polar surface area (TPSA) is 39.7 Å². The minimum absolute atomic E-state index is 0.150. The predicted molar refractivity (Wildman–Crippen MR) is 102 cm³/mol. The van der Waals surface area contributed by atoms with Gasteiger partial charge in [-0.3, -0.25) is 0 Å². The lowest BCUT2D eigenvalue weighted by atomic mass is 9.87. The van der Waals surface area contributed by atoms with Crippen LogP contribution in [0.2, 0.25) is 0 Å². The molecule has 0 aliphatic rings. The van der Waals surface area contributed by atoms with Crippen LogP contribution in [0.25, 0.3) is 0 Å². The maximum absolute atomic E-state index is 5.79. The summed E-state index contributed by atoms with van der Waals surface area (Å²) in [5.41, 5.74) is 2.60. The molecule has 2 rings (SSSR count). The lowest BCUT2D eigenvalue weighted by molar-refractivity contribution is 0.211. The molecule has 25 heavy (non-hydrogen) atoms. The highest BCUT2D eigenvalue weighted by Crippen LogP contribution is 2.28. The molecular weight excluding hydrogens is 314 g/mol. The third-order valence-corrected chi connectivity index (χ3v) is 3.94. The summed E-state index contributed by atoms with van der Waals surface area (Å²) < 4.78 is 16.9. The fourth-order valence-corrected chi connectivity index (χ4v) is 2.51. The average molecular weight is 343 g/mol. The summed E-state index contributed by atoms with van der Waals surface area (Å²) in [5, 5.41) is 3.12. The van der Waals surface area contributed by atoms with E-state index in [1.807, 2.05) is 37.4 Å². The van der Waals surface area contributed by atoms with Gasteiger partial charge in [-0.25, -0.2) is 0 Å². The van der Waals surface area contributed by atoms with E-state index in [0.29, 0.717) is 13.2 Å². The van der Waals surface area contributed by atoms with Crippen LogP contribution in [0.3, 0.4) is 0 Å². The van der Waals surface area contributed by atoms with Crippen LogP contribution < -0.4 is 19.5 Å². The van der Waals surface area contributed by atoms with Gasteiger partial charge in [-0.15, -0.1) is 0 Å². The molecule has 0 spiro atoms. The predicted octanol–water partition coefficient (Wildman–Crippen LogP) is 4.17. The van der Waals surface area contributed by atoms with E-state index in [4.69, 9.17) is 14.2 Å². The molecule has 0 aliphatic carbocycles. The van der Waals surface area contributed by atoms with Crippen molar-refractivity contribution in [2.75, 3.05) is 27.4 Å². The van der Waals surface area contributed by atoms with Gasteiger partial charge in [-0.05, 0) is 47.9 Å². The Morgan fingerprint density at radius 1 is 0.880 bits per heavy atom. The summed E-state index contributed by atoms with van der Waals surface area (Å²) in [6, 6.07) is 14.2. The molecule has 0 amide bonds. The van der Waals surface area contributed by atoms with Gasteiger partial charge in [0.2, 0.25) is 0 Å². The van der Waals surface area contributed by atoms with Gasteiger partial charge in [0.15, 0.2) is 11.5 Å². The van der Waals surface area contributed by atoms with Crippen molar-refractivity contribution >= 4 is 0 Å². The Morgan fingerprint density at radius 2 is 1.56 bits per heavy atom. The van der Waals surface area contributed by atoms with Gasteiger partial charge < -0.3 is 19.5 Å². The molecule has 4 nitrogen and oxygen atoms in total. The smallest absolute Gasteiger partial charge is 0.161 e. The van der Waals surface area contributed by atoms with Crippen molar-refractivity contribution in [3.8, 4) is 17.2 Å². The number of benzene rings is 2. The molecule has 0 heterocycles. The molecular formula is C21H29NO3. The molecule has 0 radical (unpaired) electrons. The van der Waals surface area contributed by atoms with Crippen molar-refractivity contribution in [2.24, 2.45) is 0 Å².